The Bertz CT molecular complexity index is 1550. The van der Waals surface area contributed by atoms with E-state index in [-0.39, 0.29) is 34.1 Å². The lowest BCUT2D eigenvalue weighted by Crippen LogP contribution is -2.50. The summed E-state index contributed by atoms with van der Waals surface area (Å²) in [5, 5.41) is 19.5. The highest BCUT2D eigenvalue weighted by molar-refractivity contribution is 5.58. The lowest BCUT2D eigenvalue weighted by Gasteiger charge is -2.36. The molecular weight excluding hydrogens is 521 g/mol. The van der Waals surface area contributed by atoms with Gasteiger partial charge in [0.2, 0.25) is 0 Å². The van der Waals surface area contributed by atoms with Crippen LogP contribution >= 0.6 is 0 Å². The Morgan fingerprint density at radius 3 is 2.62 bits per heavy atom. The van der Waals surface area contributed by atoms with Gasteiger partial charge in [0.05, 0.1) is 34.8 Å². The molecule has 1 unspecified atom stereocenters. The maximum absolute atomic E-state index is 14.3. The van der Waals surface area contributed by atoms with E-state index in [0.717, 1.165) is 54.3 Å². The summed E-state index contributed by atoms with van der Waals surface area (Å²) in [5.74, 6) is 0.627. The second-order valence-corrected chi connectivity index (χ2v) is 11.8. The maximum atomic E-state index is 14.3. The Balaban J connectivity index is 1.42. The molecule has 3 aromatic rings. The highest BCUT2D eigenvalue weighted by atomic mass is 19.4. The molecule has 8 nitrogen and oxygen atoms in total. The Hall–Kier alpha value is -3.31. The Morgan fingerprint density at radius 1 is 1.18 bits per heavy atom. The number of hydrogen-bond acceptors (Lipinski definition) is 4. The summed E-state index contributed by atoms with van der Waals surface area (Å²) >= 11 is 0. The minimum atomic E-state index is -4.67. The van der Waals surface area contributed by atoms with E-state index in [2.05, 4.69) is 10.2 Å². The van der Waals surface area contributed by atoms with Gasteiger partial charge in [-0.3, -0.25) is 8.97 Å². The molecule has 1 N–H and O–H groups in total. The number of halogens is 3. The molecule has 2 fully saturated rings. The average Bonchev–Trinajstić information content (AvgIpc) is 3.42. The zero-order chi connectivity index (χ0) is 28.2. The van der Waals surface area contributed by atoms with E-state index in [1.165, 1.54) is 17.0 Å². The van der Waals surface area contributed by atoms with Gasteiger partial charge in [-0.1, -0.05) is 25.5 Å². The number of rotatable bonds is 6. The fourth-order valence-electron chi connectivity index (χ4n) is 6.57. The SMILES string of the molecule is C[C@H]1CCC[N+](O)(Cc2cc(C(F)(F)F)c3cn(-c4cccc([C@H]([C]5N=NC=[N+]5C)C5CCC5)c4)c(=O)n3c2)C1. The van der Waals surface area contributed by atoms with Crippen molar-refractivity contribution in [3.63, 3.8) is 0 Å². The molecule has 1 saturated carbocycles. The van der Waals surface area contributed by atoms with Gasteiger partial charge in [0.1, 0.15) is 19.6 Å². The normalized spacial score (nSPS) is 24.9. The van der Waals surface area contributed by atoms with Crippen LogP contribution in [0.5, 0.6) is 0 Å². The van der Waals surface area contributed by atoms with Gasteiger partial charge in [0, 0.05) is 23.9 Å². The minimum absolute atomic E-state index is 0.0111. The molecule has 211 valence electrons. The van der Waals surface area contributed by atoms with E-state index >= 15 is 0 Å². The summed E-state index contributed by atoms with van der Waals surface area (Å²) in [6.45, 7) is 2.98. The quantitative estimate of drug-likeness (QED) is 0.311. The number of fused-ring (bicyclic) bond motifs is 1. The third kappa shape index (κ3) is 4.89. The summed E-state index contributed by atoms with van der Waals surface area (Å²) in [6, 6.07) is 8.48. The summed E-state index contributed by atoms with van der Waals surface area (Å²) in [4.78, 5) is 13.6. The average molecular weight is 556 g/mol. The molecule has 3 atom stereocenters. The van der Waals surface area contributed by atoms with Crippen LogP contribution in [0.25, 0.3) is 11.2 Å². The van der Waals surface area contributed by atoms with Gasteiger partial charge in [-0.25, -0.2) is 14.6 Å². The second-order valence-electron chi connectivity index (χ2n) is 11.8. The number of quaternary nitrogens is 1. The van der Waals surface area contributed by atoms with Gasteiger partial charge in [0.25, 0.3) is 0 Å². The standard InChI is InChI=1S/C29H34F3N6O2/c1-19-6-5-11-38(40,16-19)17-20-12-24(29(30,31)32)25-15-36(28(39)37(25)14-20)23-10-4-9-22(13-23)26(21-7-3-8-21)27-34-33-18-35(27)2/h4,9-10,12-15,18-19,21,26,40H,3,5-8,11,16-17H2,1-2H3/q+2/t19-,26+,38?/m0/s1. The smallest absolute Gasteiger partial charge is 0.267 e. The zero-order valence-electron chi connectivity index (χ0n) is 22.7. The van der Waals surface area contributed by atoms with E-state index in [1.807, 2.05) is 36.7 Å². The Kier molecular flexibility index (Phi) is 6.69. The van der Waals surface area contributed by atoms with Crippen molar-refractivity contribution < 1.29 is 27.6 Å². The van der Waals surface area contributed by atoms with E-state index in [9.17, 15) is 23.2 Å². The van der Waals surface area contributed by atoms with Gasteiger partial charge in [0.15, 0.2) is 0 Å². The Labute approximate surface area is 230 Å². The molecule has 0 bridgehead atoms. The van der Waals surface area contributed by atoms with Crippen molar-refractivity contribution in [1.82, 2.24) is 8.97 Å². The van der Waals surface area contributed by atoms with E-state index in [0.29, 0.717) is 24.7 Å². The predicted molar refractivity (Wildman–Crippen MR) is 142 cm³/mol. The number of alkyl halides is 3. The number of aromatic nitrogens is 2. The predicted octanol–water partition coefficient (Wildman–Crippen LogP) is 5.75. The molecule has 40 heavy (non-hydrogen) atoms. The Morgan fingerprint density at radius 2 is 1.98 bits per heavy atom. The number of likely N-dealkylation sites (N-methyl/N-ethyl adjacent to an activating group) is 1. The van der Waals surface area contributed by atoms with Crippen LogP contribution < -0.4 is 5.69 Å². The molecule has 0 spiro atoms. The van der Waals surface area contributed by atoms with Crippen molar-refractivity contribution in [3.8, 4) is 5.69 Å². The van der Waals surface area contributed by atoms with Gasteiger partial charge in [-0.05, 0) is 60.5 Å². The zero-order valence-corrected chi connectivity index (χ0v) is 22.7. The van der Waals surface area contributed by atoms with Crippen LogP contribution in [-0.2, 0) is 12.7 Å². The fraction of sp³-hybridized carbons (Fsp3) is 0.483. The summed E-state index contributed by atoms with van der Waals surface area (Å²) in [7, 11) is 1.90. The molecule has 4 heterocycles. The van der Waals surface area contributed by atoms with E-state index < -0.39 is 17.4 Å². The lowest BCUT2D eigenvalue weighted by atomic mass is 9.71. The molecule has 2 aromatic heterocycles. The molecule has 1 saturated heterocycles. The number of likely N-dealkylation sites (tertiary alicyclic amines) is 1. The number of pyridine rings is 1. The highest BCUT2D eigenvalue weighted by Crippen LogP contribution is 2.46. The molecule has 6 rings (SSSR count). The molecule has 1 radical (unpaired) electrons. The molecule has 1 aliphatic carbocycles. The van der Waals surface area contributed by atoms with Crippen molar-refractivity contribution in [2.24, 2.45) is 22.1 Å². The largest absolute Gasteiger partial charge is 0.418 e. The molecule has 11 heteroatoms. The number of hydrogen-bond donors (Lipinski definition) is 1. The van der Waals surface area contributed by atoms with Crippen molar-refractivity contribution >= 4 is 11.9 Å². The highest BCUT2D eigenvalue weighted by Gasteiger charge is 2.42. The number of piperidine rings is 1. The van der Waals surface area contributed by atoms with Crippen LogP contribution in [-0.4, -0.2) is 49.9 Å². The van der Waals surface area contributed by atoms with E-state index in [4.69, 9.17) is 0 Å². The van der Waals surface area contributed by atoms with Crippen LogP contribution in [0.15, 0.2) is 57.7 Å². The third-order valence-electron chi connectivity index (χ3n) is 8.68. The lowest BCUT2D eigenvalue weighted by molar-refractivity contribution is -1.12. The summed E-state index contributed by atoms with van der Waals surface area (Å²) in [6.07, 6.45) is 5.56. The second kappa shape index (κ2) is 9.95. The molecule has 2 aliphatic heterocycles. The first kappa shape index (κ1) is 26.9. The van der Waals surface area contributed by atoms with Gasteiger partial charge >= 0.3 is 24.4 Å². The van der Waals surface area contributed by atoms with Crippen LogP contribution in [0, 0.1) is 18.0 Å². The van der Waals surface area contributed by atoms with Crippen molar-refractivity contribution in [3.05, 3.63) is 76.1 Å². The van der Waals surface area contributed by atoms with Crippen molar-refractivity contribution in [2.45, 2.75) is 57.7 Å². The van der Waals surface area contributed by atoms with Gasteiger partial charge in [-0.2, -0.15) is 17.8 Å². The summed E-state index contributed by atoms with van der Waals surface area (Å²) < 4.78 is 46.7. The first-order valence-electron chi connectivity index (χ1n) is 13.9. The molecule has 3 aliphatic rings. The number of nitrogens with zero attached hydrogens (tertiary/aromatic N) is 6. The molecule has 0 amide bonds. The number of benzene rings is 1. The fourth-order valence-corrected chi connectivity index (χ4v) is 6.57. The van der Waals surface area contributed by atoms with Crippen LogP contribution in [0.2, 0.25) is 0 Å². The number of azo groups is 1. The summed E-state index contributed by atoms with van der Waals surface area (Å²) in [5.41, 5.74) is 0.0188. The van der Waals surface area contributed by atoms with Gasteiger partial charge in [-0.15, -0.1) is 0 Å². The monoisotopic (exact) mass is 555 g/mol. The first-order chi connectivity index (χ1) is 19.0. The van der Waals surface area contributed by atoms with Gasteiger partial charge < -0.3 is 0 Å². The van der Waals surface area contributed by atoms with Crippen molar-refractivity contribution in [1.29, 1.82) is 0 Å². The van der Waals surface area contributed by atoms with Crippen LogP contribution in [0.1, 0.15) is 61.6 Å². The number of hydroxylamine groups is 3. The van der Waals surface area contributed by atoms with Crippen LogP contribution in [0.4, 0.5) is 13.2 Å². The molecule has 1 aromatic carbocycles. The first-order valence-corrected chi connectivity index (χ1v) is 13.9. The number of imidazole rings is 1. The van der Waals surface area contributed by atoms with Crippen molar-refractivity contribution in [2.75, 3.05) is 20.1 Å². The molecular formula is C29H34F3N6O2+2. The maximum Gasteiger partial charge on any atom is 0.418 e. The van der Waals surface area contributed by atoms with E-state index in [1.54, 1.807) is 12.4 Å². The topological polar surface area (TPSA) is 74.4 Å². The minimum Gasteiger partial charge on any atom is -0.267 e. The van der Waals surface area contributed by atoms with Crippen LogP contribution in [0.3, 0.4) is 0 Å². The third-order valence-corrected chi connectivity index (χ3v) is 8.68.